The van der Waals surface area contributed by atoms with E-state index in [-0.39, 0.29) is 63.3 Å². The van der Waals surface area contributed by atoms with Crippen LogP contribution in [-0.2, 0) is 67.2 Å². The first-order chi connectivity index (χ1) is 40.7. The average molecular weight is 1200 g/mol. The number of amides is 9. The van der Waals surface area contributed by atoms with E-state index in [1.165, 1.54) is 29.2 Å². The minimum Gasteiger partial charge on any atom is -0.508 e. The van der Waals surface area contributed by atoms with Gasteiger partial charge in [0.1, 0.15) is 60.1 Å². The molecule has 1 aliphatic heterocycles. The molecule has 27 nitrogen and oxygen atoms in total. The Morgan fingerprint density at radius 2 is 0.965 bits per heavy atom. The smallest absolute Gasteiger partial charge is 0.326 e. The molecule has 1 fully saturated rings. The molecular weight excluding hydrogens is 1120 g/mol. The summed E-state index contributed by atoms with van der Waals surface area (Å²) in [5.41, 5.74) is 13.3. The van der Waals surface area contributed by atoms with Crippen molar-refractivity contribution in [2.24, 2.45) is 17.4 Å². The van der Waals surface area contributed by atoms with Crippen LogP contribution in [0.2, 0.25) is 0 Å². The molecule has 3 aromatic rings. The van der Waals surface area contributed by atoms with Crippen LogP contribution < -0.4 is 54.0 Å². The molecule has 9 amide bonds. The maximum absolute atomic E-state index is 14.4. The highest BCUT2D eigenvalue weighted by atomic mass is 16.4. The number of hydrogen-bond acceptors (Lipinski definition) is 17. The van der Waals surface area contributed by atoms with Crippen molar-refractivity contribution in [3.63, 3.8) is 0 Å². The van der Waals surface area contributed by atoms with Crippen molar-refractivity contribution >= 4 is 59.1 Å². The molecular formula is C59H85N11O16. The highest BCUT2D eigenvalue weighted by molar-refractivity contribution is 5.99. The van der Waals surface area contributed by atoms with E-state index >= 15 is 0 Å². The molecule has 1 aliphatic rings. The number of carboxylic acid groups (broad SMARTS) is 1. The quantitative estimate of drug-likeness (QED) is 0.0265. The number of nitrogens with one attached hydrogen (secondary N) is 8. The largest absolute Gasteiger partial charge is 0.508 e. The molecule has 0 saturated carbocycles. The fourth-order valence-corrected chi connectivity index (χ4v) is 9.56. The van der Waals surface area contributed by atoms with Gasteiger partial charge in [0.05, 0.1) is 31.0 Å². The molecule has 0 aromatic heterocycles. The van der Waals surface area contributed by atoms with Crippen molar-refractivity contribution in [2.45, 2.75) is 171 Å². The van der Waals surface area contributed by atoms with Crippen LogP contribution in [0, 0.1) is 5.92 Å². The third kappa shape index (κ3) is 22.1. The van der Waals surface area contributed by atoms with Crippen LogP contribution in [0.25, 0.3) is 0 Å². The summed E-state index contributed by atoms with van der Waals surface area (Å²) in [7, 11) is 0. The molecule has 4 rings (SSSR count). The Labute approximate surface area is 499 Å². The standard InChI is InChI=1S/C59H85N11O16/c1-32(2)27-40(61)50(76)66-45(31-71)53(79)64-43(29-36-15-8-6-9-16-36)58(84)70-26-14-20-46(70)54(80)68-49(35(5)74)57(83)69-48(34(4)73)55(81)62-41(19-12-13-25-60)51(77)67-47(33(3)72)56(82)63-42(28-38-21-23-39(75)24-22-38)52(78)65-44(59(85)86)30-37-17-10-7-11-18-37/h6-11,15-18,21-24,32-35,40-49,71-75H,12-14,19-20,25-31,60-61H2,1-5H3,(H,62,81)(H,63,82)(H,64,79)(H,65,78)(H,66,76)(H,67,77)(H,68,80)(H,69,83)(H,85,86)/t33-,34-,35-,40+,41+,42+,43+,44+,45+,46+,47+,48+,49+/m1/s1. The van der Waals surface area contributed by atoms with Crippen molar-refractivity contribution < 1.29 is 78.6 Å². The summed E-state index contributed by atoms with van der Waals surface area (Å²) in [5.74, 6) is -10.1. The van der Waals surface area contributed by atoms with Gasteiger partial charge in [-0.05, 0) is 101 Å². The number of likely N-dealkylation sites (tertiary alicyclic amines) is 1. The van der Waals surface area contributed by atoms with Gasteiger partial charge in [0.25, 0.3) is 0 Å². The molecule has 1 saturated heterocycles. The maximum atomic E-state index is 14.4. The third-order valence-corrected chi connectivity index (χ3v) is 14.3. The maximum Gasteiger partial charge on any atom is 0.326 e. The lowest BCUT2D eigenvalue weighted by molar-refractivity contribution is -0.143. The lowest BCUT2D eigenvalue weighted by Crippen LogP contribution is -2.64. The number of benzene rings is 3. The summed E-state index contributed by atoms with van der Waals surface area (Å²) in [5, 5.41) is 82.4. The van der Waals surface area contributed by atoms with Crippen molar-refractivity contribution in [3.8, 4) is 5.75 Å². The average Bonchev–Trinajstić information content (AvgIpc) is 2.33. The number of carboxylic acids is 1. The summed E-state index contributed by atoms with van der Waals surface area (Å²) in [6, 6.07) is 7.48. The van der Waals surface area contributed by atoms with E-state index in [0.717, 1.165) is 20.8 Å². The second kappa shape index (κ2) is 34.8. The zero-order chi connectivity index (χ0) is 63.8. The Hall–Kier alpha value is -8.08. The number of aliphatic hydroxyl groups is 4. The second-order valence-corrected chi connectivity index (χ2v) is 22.0. The predicted octanol–water partition coefficient (Wildman–Crippen LogP) is -2.99. The van der Waals surface area contributed by atoms with E-state index in [4.69, 9.17) is 11.5 Å². The molecule has 27 heteroatoms. The van der Waals surface area contributed by atoms with E-state index in [9.17, 15) is 78.6 Å². The van der Waals surface area contributed by atoms with Crippen LogP contribution >= 0.6 is 0 Å². The Balaban J connectivity index is 1.51. The normalized spacial score (nSPS) is 17.3. The topological polar surface area (TPSA) is 444 Å². The SMILES string of the molecule is CC(C)C[C@H](N)C(=O)N[C@@H](CO)C(=O)N[C@@H](Cc1ccccc1)C(=O)N1CCC[C@H]1C(=O)N[C@H](C(=O)N[C@H](C(=O)N[C@@H](CCCCN)C(=O)N[C@H](C(=O)N[C@@H](Cc1ccc(O)cc1)C(=O)N[C@@H](Cc1ccccc1)C(=O)O)[C@@H](C)O)[C@@H](C)O)[C@@H](C)O. The van der Waals surface area contributed by atoms with Crippen LogP contribution in [0.15, 0.2) is 84.9 Å². The first kappa shape index (κ1) is 70.4. The van der Waals surface area contributed by atoms with Crippen molar-refractivity contribution in [2.75, 3.05) is 19.7 Å². The molecule has 0 unspecified atom stereocenters. The number of carbonyl (C=O) groups excluding carboxylic acids is 9. The van der Waals surface area contributed by atoms with E-state index in [2.05, 4.69) is 42.5 Å². The molecule has 0 bridgehead atoms. The number of carbonyl (C=O) groups is 10. The van der Waals surface area contributed by atoms with Gasteiger partial charge in [-0.1, -0.05) is 86.6 Å². The van der Waals surface area contributed by atoms with Crippen molar-refractivity contribution in [1.29, 1.82) is 0 Å². The van der Waals surface area contributed by atoms with Crippen LogP contribution in [0.5, 0.6) is 5.75 Å². The summed E-state index contributed by atoms with van der Waals surface area (Å²) >= 11 is 0. The highest BCUT2D eigenvalue weighted by Gasteiger charge is 2.42. The van der Waals surface area contributed by atoms with E-state index in [1.54, 1.807) is 60.7 Å². The number of phenols is 1. The zero-order valence-corrected chi connectivity index (χ0v) is 49.0. The number of nitrogens with two attached hydrogens (primary N) is 2. The second-order valence-electron chi connectivity index (χ2n) is 22.0. The van der Waals surface area contributed by atoms with Crippen LogP contribution in [0.4, 0.5) is 0 Å². The Kier molecular flexibility index (Phi) is 28.5. The number of nitrogens with zero attached hydrogens (tertiary/aromatic N) is 1. The lowest BCUT2D eigenvalue weighted by atomic mass is 10.0. The minimum atomic E-state index is -1.87. The van der Waals surface area contributed by atoms with Gasteiger partial charge >= 0.3 is 5.97 Å². The summed E-state index contributed by atoms with van der Waals surface area (Å²) in [4.78, 5) is 139. The lowest BCUT2D eigenvalue weighted by Gasteiger charge is -2.31. The Bertz CT molecular complexity index is 2740. The van der Waals surface area contributed by atoms with E-state index in [0.29, 0.717) is 36.0 Å². The molecule has 0 radical (unpaired) electrons. The highest BCUT2D eigenvalue weighted by Crippen LogP contribution is 2.21. The van der Waals surface area contributed by atoms with Gasteiger partial charge in [-0.15, -0.1) is 0 Å². The first-order valence-corrected chi connectivity index (χ1v) is 28.7. The Morgan fingerprint density at radius 1 is 0.535 bits per heavy atom. The molecule has 3 aromatic carbocycles. The first-order valence-electron chi connectivity index (χ1n) is 28.7. The monoisotopic (exact) mass is 1200 g/mol. The third-order valence-electron chi connectivity index (χ3n) is 14.3. The van der Waals surface area contributed by atoms with Gasteiger partial charge in [0.2, 0.25) is 53.2 Å². The van der Waals surface area contributed by atoms with Crippen molar-refractivity contribution in [3.05, 3.63) is 102 Å². The molecule has 0 aliphatic carbocycles. The zero-order valence-electron chi connectivity index (χ0n) is 49.0. The number of aromatic hydroxyl groups is 1. The number of aliphatic carboxylic acids is 1. The van der Waals surface area contributed by atoms with E-state index < -0.39 is 144 Å². The van der Waals surface area contributed by atoms with Gasteiger partial charge in [-0.3, -0.25) is 43.2 Å². The number of hydrogen-bond donors (Lipinski definition) is 16. The molecule has 0 spiro atoms. The van der Waals surface area contributed by atoms with Crippen molar-refractivity contribution in [1.82, 2.24) is 47.4 Å². The summed E-state index contributed by atoms with van der Waals surface area (Å²) in [6.07, 6.45) is -4.41. The molecule has 18 N–H and O–H groups in total. The predicted molar refractivity (Wildman–Crippen MR) is 312 cm³/mol. The van der Waals surface area contributed by atoms with Crippen LogP contribution in [-0.4, -0.2) is 193 Å². The van der Waals surface area contributed by atoms with E-state index in [1.807, 2.05) is 13.8 Å². The summed E-state index contributed by atoms with van der Waals surface area (Å²) in [6.45, 7) is 6.50. The molecule has 86 heavy (non-hydrogen) atoms. The molecule has 1 heterocycles. The fraction of sp³-hybridized carbons (Fsp3) is 0.525. The molecule has 472 valence electrons. The van der Waals surface area contributed by atoms with Gasteiger partial charge in [0.15, 0.2) is 0 Å². The number of unbranched alkanes of at least 4 members (excludes halogenated alkanes) is 1. The van der Waals surface area contributed by atoms with Gasteiger partial charge in [0, 0.05) is 25.8 Å². The Morgan fingerprint density at radius 3 is 1.48 bits per heavy atom. The summed E-state index contributed by atoms with van der Waals surface area (Å²) < 4.78 is 0. The van der Waals surface area contributed by atoms with Gasteiger partial charge in [-0.2, -0.15) is 0 Å². The minimum absolute atomic E-state index is 0.0179. The van der Waals surface area contributed by atoms with Gasteiger partial charge < -0.3 is 89.5 Å². The molecule has 13 atom stereocenters. The van der Waals surface area contributed by atoms with Crippen LogP contribution in [0.3, 0.4) is 0 Å². The van der Waals surface area contributed by atoms with Crippen LogP contribution in [0.1, 0.15) is 89.8 Å². The number of aliphatic hydroxyl groups excluding tert-OH is 4. The number of phenolic OH excluding ortho intramolecular Hbond substituents is 1. The van der Waals surface area contributed by atoms with Gasteiger partial charge in [-0.25, -0.2) is 4.79 Å². The number of rotatable bonds is 34. The fourth-order valence-electron chi connectivity index (χ4n) is 9.56.